The summed E-state index contributed by atoms with van der Waals surface area (Å²) in [4.78, 5) is 18.7. The number of rotatable bonds is 6. The van der Waals surface area contributed by atoms with Crippen LogP contribution in [0.15, 0.2) is 35.3 Å². The number of fused-ring (bicyclic) bond motifs is 2. The maximum atomic E-state index is 12.2. The fourth-order valence-electron chi connectivity index (χ4n) is 5.16. The molecule has 2 N–H and O–H groups in total. The molecule has 2 aliphatic rings. The number of hydrogen-bond donors (Lipinski definition) is 2. The number of ether oxygens (including phenoxy) is 1. The van der Waals surface area contributed by atoms with Gasteiger partial charge in [-0.2, -0.15) is 5.26 Å². The van der Waals surface area contributed by atoms with Crippen molar-refractivity contribution in [1.29, 1.82) is 5.26 Å². The average Bonchev–Trinajstić information content (AvgIpc) is 3.33. The van der Waals surface area contributed by atoms with E-state index in [4.69, 9.17) is 16.3 Å². The van der Waals surface area contributed by atoms with Crippen LogP contribution in [0.25, 0.3) is 11.0 Å². The molecule has 9 heteroatoms. The maximum Gasteiger partial charge on any atom is 0.250 e. The predicted molar refractivity (Wildman–Crippen MR) is 134 cm³/mol. The molecule has 0 aliphatic carbocycles. The monoisotopic (exact) mass is 493 g/mol. The summed E-state index contributed by atoms with van der Waals surface area (Å²) < 4.78 is 7.17. The van der Waals surface area contributed by atoms with Crippen molar-refractivity contribution in [2.45, 2.75) is 38.0 Å². The zero-order valence-electron chi connectivity index (χ0n) is 19.6. The van der Waals surface area contributed by atoms with Gasteiger partial charge in [0, 0.05) is 51.4 Å². The number of benzene rings is 1. The number of likely N-dealkylation sites (tertiary alicyclic amines) is 1. The van der Waals surface area contributed by atoms with E-state index in [-0.39, 0.29) is 11.6 Å². The molecule has 8 nitrogen and oxygen atoms in total. The van der Waals surface area contributed by atoms with Gasteiger partial charge in [0.1, 0.15) is 11.8 Å². The van der Waals surface area contributed by atoms with Gasteiger partial charge in [-0.3, -0.25) is 9.78 Å². The number of nitriles is 1. The van der Waals surface area contributed by atoms with Gasteiger partial charge in [-0.05, 0) is 48.2 Å². The minimum atomic E-state index is -0.508. The molecule has 0 bridgehead atoms. The summed E-state index contributed by atoms with van der Waals surface area (Å²) in [5, 5.41) is 24.3. The SMILES string of the molecule is Cn1c(=O)ccc2ncc(Cl)c(CCN3CCC(NCc4cc(C#N)c5c(c4)CCO5)[C@H](O)C3)c21. The predicted octanol–water partition coefficient (Wildman–Crippen LogP) is 2.16. The molecule has 2 aliphatic heterocycles. The van der Waals surface area contributed by atoms with E-state index in [2.05, 4.69) is 27.3 Å². The lowest BCUT2D eigenvalue weighted by Crippen LogP contribution is -2.52. The van der Waals surface area contributed by atoms with Gasteiger partial charge in [0.2, 0.25) is 0 Å². The van der Waals surface area contributed by atoms with Crippen molar-refractivity contribution in [3.63, 3.8) is 0 Å². The molecule has 1 fully saturated rings. The second kappa shape index (κ2) is 9.96. The number of aliphatic hydroxyl groups is 1. The second-order valence-corrected chi connectivity index (χ2v) is 9.69. The third kappa shape index (κ3) is 4.78. The highest BCUT2D eigenvalue weighted by Gasteiger charge is 2.28. The Labute approximate surface area is 208 Å². The van der Waals surface area contributed by atoms with E-state index in [1.807, 2.05) is 6.07 Å². The van der Waals surface area contributed by atoms with E-state index < -0.39 is 6.10 Å². The molecular formula is C26H28ClN5O3. The average molecular weight is 494 g/mol. The number of aliphatic hydroxyl groups excluding tert-OH is 1. The summed E-state index contributed by atoms with van der Waals surface area (Å²) >= 11 is 6.47. The lowest BCUT2D eigenvalue weighted by Gasteiger charge is -2.36. The van der Waals surface area contributed by atoms with Crippen molar-refractivity contribution >= 4 is 22.6 Å². The number of halogens is 1. The number of aromatic nitrogens is 2. The highest BCUT2D eigenvalue weighted by Crippen LogP contribution is 2.31. The molecule has 1 aromatic carbocycles. The number of β-amino-alcohol motifs (C(OH)–C–C–N with tert-alkyl or cyclic N) is 1. The molecule has 4 heterocycles. The molecule has 1 unspecified atom stereocenters. The van der Waals surface area contributed by atoms with Gasteiger partial charge in [-0.25, -0.2) is 0 Å². The molecule has 182 valence electrons. The number of aryl methyl sites for hydroxylation is 1. The summed E-state index contributed by atoms with van der Waals surface area (Å²) in [6.45, 7) is 3.34. The van der Waals surface area contributed by atoms with E-state index >= 15 is 0 Å². The Bertz CT molecular complexity index is 1370. The molecule has 3 aromatic rings. The maximum absolute atomic E-state index is 12.2. The molecule has 0 saturated carbocycles. The van der Waals surface area contributed by atoms with Gasteiger partial charge < -0.3 is 24.6 Å². The number of pyridine rings is 2. The summed E-state index contributed by atoms with van der Waals surface area (Å²) in [6, 6.07) is 9.41. The lowest BCUT2D eigenvalue weighted by atomic mass is 9.99. The Morgan fingerprint density at radius 2 is 2.23 bits per heavy atom. The van der Waals surface area contributed by atoms with E-state index in [9.17, 15) is 15.2 Å². The third-order valence-electron chi connectivity index (χ3n) is 7.06. The number of piperidine rings is 1. The van der Waals surface area contributed by atoms with Gasteiger partial charge in [0.15, 0.2) is 0 Å². The topological polar surface area (TPSA) is 103 Å². The summed E-state index contributed by atoms with van der Waals surface area (Å²) in [6.07, 6.45) is 3.42. The molecule has 2 aromatic heterocycles. The van der Waals surface area contributed by atoms with Crippen LogP contribution in [0.1, 0.15) is 28.7 Å². The minimum absolute atomic E-state index is 0.0209. The molecule has 0 spiro atoms. The van der Waals surface area contributed by atoms with Crippen molar-refractivity contribution in [2.75, 3.05) is 26.2 Å². The Balaban J connectivity index is 1.20. The normalized spacial score (nSPS) is 19.9. The first kappa shape index (κ1) is 23.8. The van der Waals surface area contributed by atoms with E-state index in [1.165, 1.54) is 6.07 Å². The van der Waals surface area contributed by atoms with Crippen molar-refractivity contribution in [1.82, 2.24) is 19.8 Å². The van der Waals surface area contributed by atoms with Crippen LogP contribution in [0, 0.1) is 11.3 Å². The Kier molecular flexibility index (Phi) is 6.76. The first-order valence-corrected chi connectivity index (χ1v) is 12.3. The standard InChI is InChI=1S/C26H28ClN5O3/c1-31-24(34)3-2-22-25(31)19(20(27)14-30-22)4-7-32-8-5-21(23(33)15-32)29-13-16-10-17-6-9-35-26(17)18(11-16)12-28/h2-3,10-11,14,21,23,29,33H,4-9,13,15H2,1H3/t21?,23-/m1/s1. The molecular weight excluding hydrogens is 466 g/mol. The van der Waals surface area contributed by atoms with Gasteiger partial charge in [-0.15, -0.1) is 0 Å². The zero-order chi connectivity index (χ0) is 24.5. The van der Waals surface area contributed by atoms with Gasteiger partial charge in [0.25, 0.3) is 5.56 Å². The molecule has 5 rings (SSSR count). The number of hydrogen-bond acceptors (Lipinski definition) is 7. The largest absolute Gasteiger partial charge is 0.492 e. The number of nitrogens with zero attached hydrogens (tertiary/aromatic N) is 4. The van der Waals surface area contributed by atoms with Crippen LogP contribution in [0.4, 0.5) is 0 Å². The van der Waals surface area contributed by atoms with Crippen LogP contribution in [-0.4, -0.2) is 57.9 Å². The number of nitrogens with one attached hydrogen (secondary N) is 1. The van der Waals surface area contributed by atoms with E-state index in [1.54, 1.807) is 23.9 Å². The summed E-state index contributed by atoms with van der Waals surface area (Å²) in [5.74, 6) is 0.715. The zero-order valence-corrected chi connectivity index (χ0v) is 20.4. The molecule has 1 saturated heterocycles. The van der Waals surface area contributed by atoms with Crippen LogP contribution < -0.4 is 15.6 Å². The van der Waals surface area contributed by atoms with Gasteiger partial charge >= 0.3 is 0 Å². The van der Waals surface area contributed by atoms with Crippen molar-refractivity contribution in [3.05, 3.63) is 68.1 Å². The smallest absolute Gasteiger partial charge is 0.250 e. The van der Waals surface area contributed by atoms with Crippen LogP contribution >= 0.6 is 11.6 Å². The second-order valence-electron chi connectivity index (χ2n) is 9.29. The third-order valence-corrected chi connectivity index (χ3v) is 7.39. The van der Waals surface area contributed by atoms with Crippen LogP contribution in [0.2, 0.25) is 5.02 Å². The Morgan fingerprint density at radius 1 is 1.37 bits per heavy atom. The fraction of sp³-hybridized carbons (Fsp3) is 0.423. The fourth-order valence-corrected chi connectivity index (χ4v) is 5.39. The summed E-state index contributed by atoms with van der Waals surface area (Å²) in [5.41, 5.74) is 5.00. The molecule has 0 radical (unpaired) electrons. The Morgan fingerprint density at radius 3 is 3.03 bits per heavy atom. The first-order chi connectivity index (χ1) is 16.9. The lowest BCUT2D eigenvalue weighted by molar-refractivity contribution is 0.0404. The minimum Gasteiger partial charge on any atom is -0.492 e. The van der Waals surface area contributed by atoms with Crippen LogP contribution in [0.5, 0.6) is 5.75 Å². The first-order valence-electron chi connectivity index (χ1n) is 11.9. The van der Waals surface area contributed by atoms with Gasteiger partial charge in [-0.1, -0.05) is 17.7 Å². The quantitative estimate of drug-likeness (QED) is 0.542. The molecule has 35 heavy (non-hydrogen) atoms. The van der Waals surface area contributed by atoms with Gasteiger partial charge in [0.05, 0.1) is 34.3 Å². The van der Waals surface area contributed by atoms with Crippen molar-refractivity contribution < 1.29 is 9.84 Å². The highest BCUT2D eigenvalue weighted by molar-refractivity contribution is 6.32. The van der Waals surface area contributed by atoms with E-state index in [0.717, 1.165) is 53.7 Å². The molecule has 0 amide bonds. The Hall–Kier alpha value is -2.96. The summed E-state index contributed by atoms with van der Waals surface area (Å²) in [7, 11) is 1.74. The van der Waals surface area contributed by atoms with Crippen molar-refractivity contribution in [3.8, 4) is 11.8 Å². The highest BCUT2D eigenvalue weighted by atomic mass is 35.5. The van der Waals surface area contributed by atoms with Crippen molar-refractivity contribution in [2.24, 2.45) is 7.05 Å². The van der Waals surface area contributed by atoms with E-state index in [0.29, 0.717) is 42.5 Å². The van der Waals surface area contributed by atoms with Crippen LogP contribution in [0.3, 0.4) is 0 Å². The molecule has 2 atom stereocenters. The van der Waals surface area contributed by atoms with Crippen LogP contribution in [-0.2, 0) is 26.4 Å².